The summed E-state index contributed by atoms with van der Waals surface area (Å²) in [6.45, 7) is 3.80. The number of aryl methyl sites for hydroxylation is 1. The molecule has 0 bridgehead atoms. The first kappa shape index (κ1) is 29.3. The molecule has 44 heavy (non-hydrogen) atoms. The molecule has 5 aromatic rings. The number of carbonyl (C=O) groups is 3. The fourth-order valence-electron chi connectivity index (χ4n) is 5.70. The van der Waals surface area contributed by atoms with E-state index in [0.717, 1.165) is 34.4 Å². The molecule has 224 valence electrons. The topological polar surface area (TPSA) is 110 Å². The molecule has 2 heterocycles. The minimum atomic E-state index is -1.05. The summed E-state index contributed by atoms with van der Waals surface area (Å²) in [4.78, 5) is 48.4. The number of hydrogen-bond donors (Lipinski definition) is 2. The molecule has 1 aliphatic rings. The highest BCUT2D eigenvalue weighted by Crippen LogP contribution is 2.43. The number of methoxy groups -OCH3 is 1. The maximum absolute atomic E-state index is 13.4. The van der Waals surface area contributed by atoms with Gasteiger partial charge < -0.3 is 19.8 Å². The van der Waals surface area contributed by atoms with Crippen LogP contribution in [0.2, 0.25) is 0 Å². The highest BCUT2D eigenvalue weighted by Gasteiger charge is 2.32. The number of amides is 1. The van der Waals surface area contributed by atoms with E-state index in [0.29, 0.717) is 45.3 Å². The molecular formula is C35H33N3O5S. The first-order chi connectivity index (χ1) is 21.3. The number of fused-ring (bicyclic) bond motifs is 2. The van der Waals surface area contributed by atoms with Gasteiger partial charge in [-0.2, -0.15) is 0 Å². The van der Waals surface area contributed by atoms with E-state index in [9.17, 15) is 14.4 Å². The number of nitrogens with one attached hydrogen (secondary N) is 2. The Kier molecular flexibility index (Phi) is 8.30. The molecule has 2 atom stereocenters. The zero-order valence-electron chi connectivity index (χ0n) is 24.8. The number of thiophene rings is 1. The van der Waals surface area contributed by atoms with Gasteiger partial charge in [-0.15, -0.1) is 11.3 Å². The Balaban J connectivity index is 1.18. The quantitative estimate of drug-likeness (QED) is 0.180. The molecule has 9 heteroatoms. The molecule has 0 radical (unpaired) electrons. The average molecular weight is 608 g/mol. The van der Waals surface area contributed by atoms with Gasteiger partial charge in [-0.05, 0) is 67.9 Å². The lowest BCUT2D eigenvalue weighted by molar-refractivity contribution is -0.124. The van der Waals surface area contributed by atoms with Gasteiger partial charge in [-0.25, -0.2) is 14.6 Å². The molecular weight excluding hydrogens is 574 g/mol. The molecule has 0 saturated carbocycles. The van der Waals surface area contributed by atoms with Gasteiger partial charge in [-0.1, -0.05) is 67.1 Å². The number of aromatic nitrogens is 2. The number of anilines is 1. The largest absolute Gasteiger partial charge is 0.465 e. The lowest BCUT2D eigenvalue weighted by Crippen LogP contribution is -2.32. The van der Waals surface area contributed by atoms with E-state index in [2.05, 4.69) is 27.4 Å². The van der Waals surface area contributed by atoms with Gasteiger partial charge >= 0.3 is 11.9 Å². The smallest absolute Gasteiger partial charge is 0.341 e. The SMILES string of the molecule is CCC(OC(=O)c1ccc2nc(-c3ccc(C)cc3)[nH]c2c1)C(=O)Nc1sc2c(c1C(=O)OC)CCC(c1ccccc1)C2. The van der Waals surface area contributed by atoms with E-state index in [-0.39, 0.29) is 6.42 Å². The van der Waals surface area contributed by atoms with Crippen LogP contribution in [0.5, 0.6) is 0 Å². The summed E-state index contributed by atoms with van der Waals surface area (Å²) in [6.07, 6.45) is 1.59. The van der Waals surface area contributed by atoms with Crippen molar-refractivity contribution in [1.29, 1.82) is 0 Å². The van der Waals surface area contributed by atoms with Gasteiger partial charge in [-0.3, -0.25) is 4.79 Å². The van der Waals surface area contributed by atoms with Crippen LogP contribution < -0.4 is 5.32 Å². The second-order valence-electron chi connectivity index (χ2n) is 11.0. The Bertz CT molecular complexity index is 1840. The minimum absolute atomic E-state index is 0.260. The minimum Gasteiger partial charge on any atom is -0.465 e. The predicted molar refractivity (Wildman–Crippen MR) is 171 cm³/mol. The Morgan fingerprint density at radius 1 is 1.05 bits per heavy atom. The van der Waals surface area contributed by atoms with Gasteiger partial charge in [0.15, 0.2) is 6.10 Å². The van der Waals surface area contributed by atoms with Crippen molar-refractivity contribution < 1.29 is 23.9 Å². The van der Waals surface area contributed by atoms with Gasteiger partial charge in [0.2, 0.25) is 0 Å². The Labute approximate surface area is 259 Å². The van der Waals surface area contributed by atoms with Crippen molar-refractivity contribution in [2.75, 3.05) is 12.4 Å². The van der Waals surface area contributed by atoms with Crippen molar-refractivity contribution in [3.05, 3.63) is 105 Å². The Hall–Kier alpha value is -4.76. The van der Waals surface area contributed by atoms with E-state index in [1.165, 1.54) is 24.0 Å². The highest BCUT2D eigenvalue weighted by atomic mass is 32.1. The summed E-state index contributed by atoms with van der Waals surface area (Å²) < 4.78 is 10.8. The molecule has 2 aromatic heterocycles. The van der Waals surface area contributed by atoms with E-state index in [1.54, 1.807) is 25.1 Å². The van der Waals surface area contributed by atoms with Crippen molar-refractivity contribution in [2.45, 2.75) is 51.6 Å². The zero-order valence-corrected chi connectivity index (χ0v) is 25.6. The number of carbonyl (C=O) groups excluding carboxylic acids is 3. The van der Waals surface area contributed by atoms with Gasteiger partial charge in [0, 0.05) is 10.4 Å². The molecule has 0 spiro atoms. The van der Waals surface area contributed by atoms with Crippen LogP contribution in [0.1, 0.15) is 68.0 Å². The van der Waals surface area contributed by atoms with E-state index in [1.807, 2.05) is 49.4 Å². The maximum Gasteiger partial charge on any atom is 0.341 e. The molecule has 1 aliphatic carbocycles. The van der Waals surface area contributed by atoms with Crippen LogP contribution in [0, 0.1) is 6.92 Å². The second-order valence-corrected chi connectivity index (χ2v) is 12.1. The zero-order chi connectivity index (χ0) is 30.8. The van der Waals surface area contributed by atoms with E-state index < -0.39 is 23.9 Å². The van der Waals surface area contributed by atoms with Gasteiger partial charge in [0.1, 0.15) is 10.8 Å². The molecule has 6 rings (SSSR count). The van der Waals surface area contributed by atoms with Gasteiger partial charge in [0.25, 0.3) is 5.91 Å². The fraction of sp³-hybridized carbons (Fsp3) is 0.257. The number of ether oxygens (including phenoxy) is 2. The van der Waals surface area contributed by atoms with Crippen molar-refractivity contribution in [3.63, 3.8) is 0 Å². The van der Waals surface area contributed by atoms with Crippen LogP contribution in [0.25, 0.3) is 22.4 Å². The first-order valence-corrected chi connectivity index (χ1v) is 15.5. The Morgan fingerprint density at radius 3 is 2.55 bits per heavy atom. The highest BCUT2D eigenvalue weighted by molar-refractivity contribution is 7.17. The lowest BCUT2D eigenvalue weighted by atomic mass is 9.83. The summed E-state index contributed by atoms with van der Waals surface area (Å²) in [7, 11) is 1.34. The lowest BCUT2D eigenvalue weighted by Gasteiger charge is -2.22. The number of H-pyrrole nitrogens is 1. The third-order valence-corrected chi connectivity index (χ3v) is 9.29. The maximum atomic E-state index is 13.4. The van der Waals surface area contributed by atoms with Crippen LogP contribution in [0.15, 0.2) is 72.8 Å². The van der Waals surface area contributed by atoms with Crippen LogP contribution in [-0.4, -0.2) is 41.0 Å². The third-order valence-electron chi connectivity index (χ3n) is 8.12. The Morgan fingerprint density at radius 2 is 1.82 bits per heavy atom. The standard InChI is InChI=1S/C35H33N3O5S/c1-4-28(43-34(40)24-15-17-26-27(18-24)37-31(36-26)22-12-10-20(2)11-13-22)32(39)38-33-30(35(41)42-3)25-16-14-23(19-29(25)44-33)21-8-6-5-7-9-21/h5-13,15,17-18,23,28H,4,14,16,19H2,1-3H3,(H,36,37)(H,38,39). The fourth-order valence-corrected chi connectivity index (χ4v) is 7.02. The van der Waals surface area contributed by atoms with Crippen molar-refractivity contribution in [3.8, 4) is 11.4 Å². The summed E-state index contributed by atoms with van der Waals surface area (Å²) >= 11 is 1.39. The second kappa shape index (κ2) is 12.5. The molecule has 0 saturated heterocycles. The molecule has 2 N–H and O–H groups in total. The molecule has 2 unspecified atom stereocenters. The van der Waals surface area contributed by atoms with Crippen LogP contribution in [0.3, 0.4) is 0 Å². The third kappa shape index (κ3) is 5.88. The van der Waals surface area contributed by atoms with Gasteiger partial charge in [0.05, 0.1) is 29.3 Å². The number of nitrogens with zero attached hydrogens (tertiary/aromatic N) is 1. The monoisotopic (exact) mass is 607 g/mol. The summed E-state index contributed by atoms with van der Waals surface area (Å²) in [5.74, 6) is -0.565. The van der Waals surface area contributed by atoms with Crippen molar-refractivity contribution in [2.24, 2.45) is 0 Å². The number of hydrogen-bond acceptors (Lipinski definition) is 7. The first-order valence-electron chi connectivity index (χ1n) is 14.7. The summed E-state index contributed by atoms with van der Waals surface area (Å²) in [5.41, 5.74) is 6.37. The van der Waals surface area contributed by atoms with Crippen LogP contribution in [0.4, 0.5) is 5.00 Å². The van der Waals surface area contributed by atoms with Crippen molar-refractivity contribution in [1.82, 2.24) is 9.97 Å². The van der Waals surface area contributed by atoms with E-state index in [4.69, 9.17) is 9.47 Å². The molecule has 1 amide bonds. The number of aromatic amines is 1. The summed E-state index contributed by atoms with van der Waals surface area (Å²) in [5, 5.41) is 3.31. The van der Waals surface area contributed by atoms with Crippen LogP contribution in [-0.2, 0) is 27.1 Å². The molecule has 0 aliphatic heterocycles. The van der Waals surface area contributed by atoms with Crippen LogP contribution >= 0.6 is 11.3 Å². The summed E-state index contributed by atoms with van der Waals surface area (Å²) in [6, 6.07) is 23.4. The number of benzene rings is 3. The van der Waals surface area contributed by atoms with Crippen molar-refractivity contribution >= 4 is 45.2 Å². The number of esters is 2. The number of rotatable bonds is 8. The average Bonchev–Trinajstić information content (AvgIpc) is 3.64. The molecule has 3 aromatic carbocycles. The van der Waals surface area contributed by atoms with E-state index >= 15 is 0 Å². The predicted octanol–water partition coefficient (Wildman–Crippen LogP) is 7.23. The molecule has 0 fully saturated rings. The molecule has 8 nitrogen and oxygen atoms in total. The normalized spacial score (nSPS) is 14.9. The number of imidazole rings is 1.